The molecule has 0 aliphatic heterocycles. The maximum Gasteiger partial charge on any atom is 0.0702 e. The predicted octanol–water partition coefficient (Wildman–Crippen LogP) is 5.94. The van der Waals surface area contributed by atoms with Crippen molar-refractivity contribution in [3.8, 4) is 22.4 Å². The molecule has 0 bridgehead atoms. The van der Waals surface area contributed by atoms with Crippen LogP contribution in [-0.4, -0.2) is 4.98 Å². The molecule has 1 heterocycles. The van der Waals surface area contributed by atoms with Crippen LogP contribution in [0.1, 0.15) is 0 Å². The third-order valence-electron chi connectivity index (χ3n) is 3.02. The number of hydrogen-bond acceptors (Lipinski definition) is 1. The van der Waals surface area contributed by atoms with E-state index in [2.05, 4.69) is 73.2 Å². The van der Waals surface area contributed by atoms with Crippen molar-refractivity contribution < 1.29 is 0 Å². The normalized spacial score (nSPS) is 10.5. The van der Waals surface area contributed by atoms with E-state index >= 15 is 0 Å². The van der Waals surface area contributed by atoms with Gasteiger partial charge in [-0.3, -0.25) is 4.98 Å². The molecule has 98 valence electrons. The monoisotopic (exact) mass is 387 g/mol. The summed E-state index contributed by atoms with van der Waals surface area (Å²) in [5.41, 5.74) is 4.46. The molecule has 2 aromatic carbocycles. The summed E-state index contributed by atoms with van der Waals surface area (Å²) >= 11 is 7.06. The SMILES string of the molecule is Brc1cc(Br)cc(-c2cccc(-c3ccccn3)c2)c1. The van der Waals surface area contributed by atoms with Gasteiger partial charge in [0.25, 0.3) is 0 Å². The first-order valence-electron chi connectivity index (χ1n) is 6.20. The second-order valence-corrected chi connectivity index (χ2v) is 6.29. The Kier molecular flexibility index (Phi) is 3.99. The van der Waals surface area contributed by atoms with Gasteiger partial charge in [0.1, 0.15) is 0 Å². The Morgan fingerprint density at radius 1 is 0.650 bits per heavy atom. The highest BCUT2D eigenvalue weighted by molar-refractivity contribution is 9.11. The number of nitrogens with zero attached hydrogens (tertiary/aromatic N) is 1. The molecule has 0 amide bonds. The third-order valence-corrected chi connectivity index (χ3v) is 3.93. The standard InChI is InChI=1S/C17H11Br2N/c18-15-9-14(10-16(19)11-15)12-4-3-5-13(8-12)17-6-1-2-7-20-17/h1-11H. The molecule has 0 aliphatic rings. The summed E-state index contributed by atoms with van der Waals surface area (Å²) in [5, 5.41) is 0. The second-order valence-electron chi connectivity index (χ2n) is 4.45. The van der Waals surface area contributed by atoms with Gasteiger partial charge in [0.2, 0.25) is 0 Å². The van der Waals surface area contributed by atoms with E-state index in [0.717, 1.165) is 20.2 Å². The lowest BCUT2D eigenvalue weighted by Gasteiger charge is -2.07. The molecule has 0 atom stereocenters. The van der Waals surface area contributed by atoms with Crippen molar-refractivity contribution in [3.05, 3.63) is 75.8 Å². The number of aromatic nitrogens is 1. The molecule has 20 heavy (non-hydrogen) atoms. The minimum absolute atomic E-state index is 0.989. The molecule has 0 radical (unpaired) electrons. The fourth-order valence-corrected chi connectivity index (χ4v) is 3.41. The molecule has 3 rings (SSSR count). The van der Waals surface area contributed by atoms with Gasteiger partial charge in [-0.2, -0.15) is 0 Å². The van der Waals surface area contributed by atoms with Crippen LogP contribution in [0.5, 0.6) is 0 Å². The molecule has 0 fully saturated rings. The highest BCUT2D eigenvalue weighted by Crippen LogP contribution is 2.30. The highest BCUT2D eigenvalue weighted by atomic mass is 79.9. The van der Waals surface area contributed by atoms with Crippen molar-refractivity contribution in [2.24, 2.45) is 0 Å². The summed E-state index contributed by atoms with van der Waals surface area (Å²) in [6.07, 6.45) is 1.82. The fraction of sp³-hybridized carbons (Fsp3) is 0. The lowest BCUT2D eigenvalue weighted by Crippen LogP contribution is -1.84. The molecule has 0 saturated heterocycles. The van der Waals surface area contributed by atoms with Crippen molar-refractivity contribution in [3.63, 3.8) is 0 Å². The van der Waals surface area contributed by atoms with Gasteiger partial charge >= 0.3 is 0 Å². The highest BCUT2D eigenvalue weighted by Gasteiger charge is 2.04. The van der Waals surface area contributed by atoms with Crippen molar-refractivity contribution in [2.75, 3.05) is 0 Å². The zero-order valence-electron chi connectivity index (χ0n) is 10.6. The lowest BCUT2D eigenvalue weighted by molar-refractivity contribution is 1.33. The molecule has 0 saturated carbocycles. The smallest absolute Gasteiger partial charge is 0.0702 e. The van der Waals surface area contributed by atoms with Crippen molar-refractivity contribution in [1.29, 1.82) is 0 Å². The Morgan fingerprint density at radius 3 is 2.10 bits per heavy atom. The number of rotatable bonds is 2. The van der Waals surface area contributed by atoms with Gasteiger partial charge < -0.3 is 0 Å². The quantitative estimate of drug-likeness (QED) is 0.529. The number of halogens is 2. The third kappa shape index (κ3) is 3.00. The molecule has 0 N–H and O–H groups in total. The number of benzene rings is 2. The van der Waals surface area contributed by atoms with Gasteiger partial charge in [-0.15, -0.1) is 0 Å². The summed E-state index contributed by atoms with van der Waals surface area (Å²) < 4.78 is 2.12. The maximum atomic E-state index is 4.40. The van der Waals surface area contributed by atoms with Gasteiger partial charge in [-0.1, -0.05) is 56.1 Å². The van der Waals surface area contributed by atoms with E-state index in [-0.39, 0.29) is 0 Å². The van der Waals surface area contributed by atoms with E-state index in [1.807, 2.05) is 30.5 Å². The summed E-state index contributed by atoms with van der Waals surface area (Å²) in [5.74, 6) is 0. The number of pyridine rings is 1. The average molecular weight is 389 g/mol. The topological polar surface area (TPSA) is 12.9 Å². The van der Waals surface area contributed by atoms with Crippen molar-refractivity contribution in [1.82, 2.24) is 4.98 Å². The Hall–Kier alpha value is -1.45. The first-order valence-corrected chi connectivity index (χ1v) is 7.79. The van der Waals surface area contributed by atoms with Crippen LogP contribution in [0.2, 0.25) is 0 Å². The van der Waals surface area contributed by atoms with E-state index < -0.39 is 0 Å². The molecular weight excluding hydrogens is 378 g/mol. The van der Waals surface area contributed by atoms with Crippen LogP contribution in [0.15, 0.2) is 75.8 Å². The molecular formula is C17H11Br2N. The maximum absolute atomic E-state index is 4.40. The van der Waals surface area contributed by atoms with Crippen LogP contribution in [0.3, 0.4) is 0 Å². The van der Waals surface area contributed by atoms with Gasteiger partial charge in [0.05, 0.1) is 5.69 Å². The minimum Gasteiger partial charge on any atom is -0.256 e. The van der Waals surface area contributed by atoms with Gasteiger partial charge in [-0.25, -0.2) is 0 Å². The molecule has 1 aromatic heterocycles. The van der Waals surface area contributed by atoms with Crippen LogP contribution >= 0.6 is 31.9 Å². The van der Waals surface area contributed by atoms with Crippen LogP contribution in [-0.2, 0) is 0 Å². The van der Waals surface area contributed by atoms with Crippen LogP contribution in [0, 0.1) is 0 Å². The minimum atomic E-state index is 0.989. The van der Waals surface area contributed by atoms with E-state index in [1.54, 1.807) is 0 Å². The fourth-order valence-electron chi connectivity index (χ4n) is 2.11. The molecule has 1 nitrogen and oxygen atoms in total. The van der Waals surface area contributed by atoms with Crippen LogP contribution < -0.4 is 0 Å². The molecule has 3 aromatic rings. The first-order chi connectivity index (χ1) is 9.72. The molecule has 0 aliphatic carbocycles. The Morgan fingerprint density at radius 2 is 1.40 bits per heavy atom. The van der Waals surface area contributed by atoms with E-state index in [1.165, 1.54) is 11.1 Å². The Bertz CT molecular complexity index is 719. The molecule has 0 spiro atoms. The second kappa shape index (κ2) is 5.90. The zero-order chi connectivity index (χ0) is 13.9. The van der Waals surface area contributed by atoms with Crippen molar-refractivity contribution in [2.45, 2.75) is 0 Å². The Labute approximate surface area is 135 Å². The number of hydrogen-bond donors (Lipinski definition) is 0. The summed E-state index contributed by atoms with van der Waals surface area (Å²) in [6.45, 7) is 0. The van der Waals surface area contributed by atoms with Gasteiger partial charge in [-0.05, 0) is 47.5 Å². The average Bonchev–Trinajstić information content (AvgIpc) is 2.47. The van der Waals surface area contributed by atoms with Crippen LogP contribution in [0.4, 0.5) is 0 Å². The largest absolute Gasteiger partial charge is 0.256 e. The van der Waals surface area contributed by atoms with Crippen molar-refractivity contribution >= 4 is 31.9 Å². The van der Waals surface area contributed by atoms with E-state index in [0.29, 0.717) is 0 Å². The van der Waals surface area contributed by atoms with Crippen LogP contribution in [0.25, 0.3) is 22.4 Å². The Balaban J connectivity index is 2.07. The van der Waals surface area contributed by atoms with Gasteiger partial charge in [0.15, 0.2) is 0 Å². The van der Waals surface area contributed by atoms with E-state index in [4.69, 9.17) is 0 Å². The molecule has 0 unspecified atom stereocenters. The lowest BCUT2D eigenvalue weighted by atomic mass is 10.0. The van der Waals surface area contributed by atoms with Gasteiger partial charge in [0, 0.05) is 20.7 Å². The first kappa shape index (κ1) is 13.5. The zero-order valence-corrected chi connectivity index (χ0v) is 13.7. The predicted molar refractivity (Wildman–Crippen MR) is 90.5 cm³/mol. The molecule has 3 heteroatoms. The summed E-state index contributed by atoms with van der Waals surface area (Å²) in [7, 11) is 0. The summed E-state index contributed by atoms with van der Waals surface area (Å²) in [4.78, 5) is 4.40. The van der Waals surface area contributed by atoms with E-state index in [9.17, 15) is 0 Å². The summed E-state index contributed by atoms with van der Waals surface area (Å²) in [6, 6.07) is 20.6.